The van der Waals surface area contributed by atoms with E-state index in [9.17, 15) is 4.79 Å². The molecule has 1 aromatic rings. The van der Waals surface area contributed by atoms with E-state index in [1.54, 1.807) is 11.9 Å². The standard InChI is InChI=1S/C12H15BrClNO/c1-8(7-14)15(3)12(16)10-5-4-6-11(13)9(10)2/h4-6,8H,7H2,1-3H3. The molecule has 0 spiro atoms. The maximum Gasteiger partial charge on any atom is 0.254 e. The summed E-state index contributed by atoms with van der Waals surface area (Å²) in [4.78, 5) is 13.8. The highest BCUT2D eigenvalue weighted by atomic mass is 79.9. The van der Waals surface area contributed by atoms with Crippen molar-refractivity contribution >= 4 is 33.4 Å². The molecule has 16 heavy (non-hydrogen) atoms. The van der Waals surface area contributed by atoms with Gasteiger partial charge >= 0.3 is 0 Å². The van der Waals surface area contributed by atoms with Crippen molar-refractivity contribution in [2.45, 2.75) is 19.9 Å². The number of rotatable bonds is 3. The average molecular weight is 305 g/mol. The maximum atomic E-state index is 12.2. The minimum absolute atomic E-state index is 0.00644. The summed E-state index contributed by atoms with van der Waals surface area (Å²) >= 11 is 9.17. The summed E-state index contributed by atoms with van der Waals surface area (Å²) in [5.41, 5.74) is 1.68. The van der Waals surface area contributed by atoms with Crippen LogP contribution in [0.5, 0.6) is 0 Å². The van der Waals surface area contributed by atoms with Crippen LogP contribution in [0.4, 0.5) is 0 Å². The van der Waals surface area contributed by atoms with E-state index < -0.39 is 0 Å². The third kappa shape index (κ3) is 2.77. The number of carbonyl (C=O) groups is 1. The van der Waals surface area contributed by atoms with Crippen molar-refractivity contribution in [1.29, 1.82) is 0 Å². The summed E-state index contributed by atoms with van der Waals surface area (Å²) in [5, 5.41) is 0. The molecule has 1 unspecified atom stereocenters. The van der Waals surface area contributed by atoms with Gasteiger partial charge in [-0.05, 0) is 31.5 Å². The van der Waals surface area contributed by atoms with E-state index >= 15 is 0 Å². The first-order valence-corrected chi connectivity index (χ1v) is 6.40. The number of amides is 1. The highest BCUT2D eigenvalue weighted by molar-refractivity contribution is 9.10. The van der Waals surface area contributed by atoms with Gasteiger partial charge in [-0.15, -0.1) is 11.6 Å². The summed E-state index contributed by atoms with van der Waals surface area (Å²) in [6.07, 6.45) is 0. The molecule has 0 N–H and O–H groups in total. The van der Waals surface area contributed by atoms with Gasteiger partial charge in [0, 0.05) is 29.0 Å². The van der Waals surface area contributed by atoms with Crippen molar-refractivity contribution in [3.05, 3.63) is 33.8 Å². The molecule has 0 aliphatic carbocycles. The van der Waals surface area contributed by atoms with E-state index in [1.807, 2.05) is 32.0 Å². The van der Waals surface area contributed by atoms with Gasteiger partial charge in [0.2, 0.25) is 0 Å². The number of alkyl halides is 1. The number of benzene rings is 1. The van der Waals surface area contributed by atoms with E-state index in [2.05, 4.69) is 15.9 Å². The second-order valence-corrected chi connectivity index (χ2v) is 4.99. The molecule has 1 aromatic carbocycles. The third-order valence-electron chi connectivity index (χ3n) is 2.70. The molecule has 0 saturated heterocycles. The molecule has 1 amide bonds. The zero-order valence-corrected chi connectivity index (χ0v) is 12.0. The summed E-state index contributed by atoms with van der Waals surface area (Å²) < 4.78 is 0.949. The fourth-order valence-corrected chi connectivity index (χ4v) is 1.91. The second-order valence-electron chi connectivity index (χ2n) is 3.83. The van der Waals surface area contributed by atoms with Crippen molar-refractivity contribution in [1.82, 2.24) is 4.90 Å². The monoisotopic (exact) mass is 303 g/mol. The highest BCUT2D eigenvalue weighted by Gasteiger charge is 2.18. The van der Waals surface area contributed by atoms with Crippen LogP contribution in [0.3, 0.4) is 0 Å². The van der Waals surface area contributed by atoms with E-state index in [0.717, 1.165) is 10.0 Å². The predicted octanol–water partition coefficient (Wildman–Crippen LogP) is 3.46. The minimum atomic E-state index is 0.00644. The number of nitrogens with zero attached hydrogens (tertiary/aromatic N) is 1. The third-order valence-corrected chi connectivity index (χ3v) is 4.01. The van der Waals surface area contributed by atoms with Crippen LogP contribution in [0.1, 0.15) is 22.8 Å². The first-order chi connectivity index (χ1) is 7.49. The van der Waals surface area contributed by atoms with Gasteiger partial charge < -0.3 is 4.90 Å². The van der Waals surface area contributed by atoms with Gasteiger partial charge in [-0.25, -0.2) is 0 Å². The summed E-state index contributed by atoms with van der Waals surface area (Å²) in [7, 11) is 1.77. The Morgan fingerprint density at radius 2 is 2.19 bits per heavy atom. The molecule has 0 fully saturated rings. The number of carbonyl (C=O) groups excluding carboxylic acids is 1. The Bertz CT molecular complexity index is 395. The lowest BCUT2D eigenvalue weighted by Crippen LogP contribution is -2.36. The Kier molecular flexibility index (Phi) is 4.81. The molecule has 0 heterocycles. The Hall–Kier alpha value is -0.540. The van der Waals surface area contributed by atoms with Gasteiger partial charge in [-0.3, -0.25) is 4.79 Å². The van der Waals surface area contributed by atoms with Crippen molar-refractivity contribution in [3.63, 3.8) is 0 Å². The topological polar surface area (TPSA) is 20.3 Å². The first kappa shape index (κ1) is 13.5. The van der Waals surface area contributed by atoms with Crippen molar-refractivity contribution in [2.75, 3.05) is 12.9 Å². The van der Waals surface area contributed by atoms with Crippen LogP contribution in [-0.4, -0.2) is 29.8 Å². The van der Waals surface area contributed by atoms with Crippen molar-refractivity contribution in [3.8, 4) is 0 Å². The Labute approximate surface area is 110 Å². The normalized spacial score (nSPS) is 12.3. The van der Waals surface area contributed by atoms with Gasteiger partial charge in [-0.1, -0.05) is 22.0 Å². The molecule has 0 saturated carbocycles. The van der Waals surface area contributed by atoms with Crippen LogP contribution < -0.4 is 0 Å². The zero-order chi connectivity index (χ0) is 12.3. The van der Waals surface area contributed by atoms with Crippen LogP contribution in [0, 0.1) is 6.92 Å². The van der Waals surface area contributed by atoms with Crippen LogP contribution in [0.2, 0.25) is 0 Å². The van der Waals surface area contributed by atoms with Crippen molar-refractivity contribution in [2.24, 2.45) is 0 Å². The van der Waals surface area contributed by atoms with E-state index in [0.29, 0.717) is 11.4 Å². The zero-order valence-electron chi connectivity index (χ0n) is 9.63. The molecule has 0 bridgehead atoms. The number of hydrogen-bond acceptors (Lipinski definition) is 1. The lowest BCUT2D eigenvalue weighted by atomic mass is 10.1. The smallest absolute Gasteiger partial charge is 0.254 e. The number of hydrogen-bond donors (Lipinski definition) is 0. The van der Waals surface area contributed by atoms with Crippen LogP contribution >= 0.6 is 27.5 Å². The molecule has 4 heteroatoms. The Morgan fingerprint density at radius 3 is 2.75 bits per heavy atom. The fraction of sp³-hybridized carbons (Fsp3) is 0.417. The molecule has 1 rings (SSSR count). The summed E-state index contributed by atoms with van der Waals surface area (Å²) in [6, 6.07) is 5.66. The van der Waals surface area contributed by atoms with Crippen LogP contribution in [0.15, 0.2) is 22.7 Å². The van der Waals surface area contributed by atoms with Crippen molar-refractivity contribution < 1.29 is 4.79 Å². The average Bonchev–Trinajstić information content (AvgIpc) is 2.29. The largest absolute Gasteiger partial charge is 0.338 e. The molecule has 0 aliphatic heterocycles. The van der Waals surface area contributed by atoms with Gasteiger partial charge in [0.25, 0.3) is 5.91 Å². The summed E-state index contributed by atoms with van der Waals surface area (Å²) in [6.45, 7) is 3.86. The van der Waals surface area contributed by atoms with Gasteiger partial charge in [0.1, 0.15) is 0 Å². The predicted molar refractivity (Wildman–Crippen MR) is 71.2 cm³/mol. The molecule has 0 aromatic heterocycles. The highest BCUT2D eigenvalue weighted by Crippen LogP contribution is 2.21. The fourth-order valence-electron chi connectivity index (χ4n) is 1.33. The summed E-state index contributed by atoms with van der Waals surface area (Å²) in [5.74, 6) is 0.446. The van der Waals surface area contributed by atoms with Gasteiger partial charge in [-0.2, -0.15) is 0 Å². The molecule has 2 nitrogen and oxygen atoms in total. The van der Waals surface area contributed by atoms with Crippen LogP contribution in [0.25, 0.3) is 0 Å². The maximum absolute atomic E-state index is 12.2. The Balaban J connectivity index is 3.01. The lowest BCUT2D eigenvalue weighted by Gasteiger charge is -2.24. The molecule has 0 radical (unpaired) electrons. The number of halogens is 2. The molecule has 1 atom stereocenters. The molecule has 0 aliphatic rings. The first-order valence-electron chi connectivity index (χ1n) is 5.07. The molecular weight excluding hydrogens is 289 g/mol. The molecule has 88 valence electrons. The van der Waals surface area contributed by atoms with E-state index in [1.165, 1.54) is 0 Å². The van der Waals surface area contributed by atoms with Gasteiger partial charge in [0.15, 0.2) is 0 Å². The SMILES string of the molecule is Cc1c(Br)cccc1C(=O)N(C)C(C)CCl. The lowest BCUT2D eigenvalue weighted by molar-refractivity contribution is 0.0756. The second kappa shape index (κ2) is 5.69. The minimum Gasteiger partial charge on any atom is -0.338 e. The molecular formula is C12H15BrClNO. The van der Waals surface area contributed by atoms with Gasteiger partial charge in [0.05, 0.1) is 0 Å². The van der Waals surface area contributed by atoms with E-state index in [4.69, 9.17) is 11.6 Å². The Morgan fingerprint density at radius 1 is 1.56 bits per heavy atom. The van der Waals surface area contributed by atoms with E-state index in [-0.39, 0.29) is 11.9 Å². The quantitative estimate of drug-likeness (QED) is 0.783. The van der Waals surface area contributed by atoms with Crippen LogP contribution in [-0.2, 0) is 0 Å².